The van der Waals surface area contributed by atoms with Crippen molar-refractivity contribution >= 4 is 24.0 Å². The van der Waals surface area contributed by atoms with Crippen molar-refractivity contribution in [3.8, 4) is 0 Å². The third-order valence-electron chi connectivity index (χ3n) is 12.6. The van der Waals surface area contributed by atoms with E-state index in [0.29, 0.717) is 37.3 Å². The predicted molar refractivity (Wildman–Crippen MR) is 224 cm³/mol. The lowest BCUT2D eigenvalue weighted by molar-refractivity contribution is -0.128. The number of aliphatic hydroxyl groups is 2. The highest BCUT2D eigenvalue weighted by atomic mass is 16.3. The maximum absolute atomic E-state index is 13.0. The quantitative estimate of drug-likeness (QED) is 0.191. The molecule has 304 valence electrons. The van der Waals surface area contributed by atoms with E-state index in [2.05, 4.69) is 10.6 Å². The number of nitrogens with zero attached hydrogens (tertiary/aromatic N) is 4. The van der Waals surface area contributed by atoms with Gasteiger partial charge in [-0.25, -0.2) is 0 Å². The number of carbonyl (C=O) groups is 2. The fourth-order valence-corrected chi connectivity index (χ4v) is 9.97. The number of benzene rings is 2. The molecule has 8 rings (SSSR count). The minimum Gasteiger partial charge on any atom is -0.396 e. The van der Waals surface area contributed by atoms with Gasteiger partial charge in [-0.1, -0.05) is 85.0 Å². The number of aliphatic hydroxyl groups excluding tert-OH is 2. The zero-order chi connectivity index (χ0) is 41.1. The number of fused-ring (bicyclic) bond motifs is 6. The predicted octanol–water partition coefficient (Wildman–Crippen LogP) is 3.58. The van der Waals surface area contributed by atoms with Gasteiger partial charge >= 0.3 is 0 Å². The van der Waals surface area contributed by atoms with Crippen molar-refractivity contribution in [1.29, 1.82) is 0 Å². The number of nitrogens with one attached hydrogen (secondary N) is 2. The van der Waals surface area contributed by atoms with Gasteiger partial charge in [-0.3, -0.25) is 29.0 Å². The molecule has 2 saturated heterocycles. The molecular formula is C46H54N6O6. The normalized spacial score (nSPS) is 25.9. The lowest BCUT2D eigenvalue weighted by Crippen LogP contribution is -2.46. The van der Waals surface area contributed by atoms with Crippen molar-refractivity contribution < 1.29 is 19.8 Å². The van der Waals surface area contributed by atoms with E-state index in [9.17, 15) is 29.4 Å². The van der Waals surface area contributed by atoms with E-state index in [1.165, 1.54) is 0 Å². The lowest BCUT2D eigenvalue weighted by atomic mass is 9.88. The first-order valence-corrected chi connectivity index (χ1v) is 20.1. The number of amides is 2. The molecule has 12 nitrogen and oxygen atoms in total. The fraction of sp³-hybridized carbons (Fsp3) is 0.391. The zero-order valence-electron chi connectivity index (χ0n) is 33.6. The highest BCUT2D eigenvalue weighted by Gasteiger charge is 2.55. The Morgan fingerprint density at radius 3 is 1.34 bits per heavy atom. The van der Waals surface area contributed by atoms with Crippen molar-refractivity contribution in [1.82, 2.24) is 29.6 Å². The van der Waals surface area contributed by atoms with Crippen LogP contribution in [0, 0.1) is 23.7 Å². The second-order valence-corrected chi connectivity index (χ2v) is 15.8. The average Bonchev–Trinajstić information content (AvgIpc) is 3.97. The van der Waals surface area contributed by atoms with Gasteiger partial charge in [0.2, 0.25) is 11.8 Å². The number of aromatic nitrogens is 2. The molecule has 12 heteroatoms. The standard InChI is InChI=1S/2C23H27N3O3/c2*1-3-7-16-10-11-19-20-17(13-26(19)23(16)29)18(14-27)21(25(20)2)22(28)24-12-15-8-5-4-6-9-15/h2*3-11,17-18,20-21,27H,12-14H2,1-2H3,(H,24,28)/b7-3+;7-3-/t2*17-,18-,20+,21-/m00/s1. The second-order valence-electron chi connectivity index (χ2n) is 15.8. The van der Waals surface area contributed by atoms with E-state index < -0.39 is 12.1 Å². The van der Waals surface area contributed by atoms with Gasteiger partial charge in [0.25, 0.3) is 11.1 Å². The minimum absolute atomic E-state index is 0.00910. The molecule has 4 aliphatic rings. The third kappa shape index (κ3) is 7.53. The Hall–Kier alpha value is -5.40. The van der Waals surface area contributed by atoms with Gasteiger partial charge in [-0.05, 0) is 63.3 Å². The fourth-order valence-electron chi connectivity index (χ4n) is 9.97. The molecule has 0 aliphatic carbocycles. The van der Waals surface area contributed by atoms with Crippen molar-refractivity contribution in [3.63, 3.8) is 0 Å². The number of allylic oxidation sites excluding steroid dienone is 2. The largest absolute Gasteiger partial charge is 0.396 e. The molecule has 6 heterocycles. The monoisotopic (exact) mass is 786 g/mol. The van der Waals surface area contributed by atoms with E-state index in [1.54, 1.807) is 0 Å². The molecule has 2 amide bonds. The molecule has 8 atom stereocenters. The topological polar surface area (TPSA) is 149 Å². The van der Waals surface area contributed by atoms with Crippen molar-refractivity contribution in [2.45, 2.75) is 64.2 Å². The van der Waals surface area contributed by atoms with Crippen LogP contribution in [0.25, 0.3) is 12.2 Å². The maximum Gasteiger partial charge on any atom is 0.258 e. The van der Waals surface area contributed by atoms with Gasteiger partial charge in [-0.2, -0.15) is 0 Å². The summed E-state index contributed by atoms with van der Waals surface area (Å²) in [6, 6.07) is 26.3. The number of likely N-dealkylation sites (tertiary alicyclic amines) is 2. The summed E-state index contributed by atoms with van der Waals surface area (Å²) in [5.41, 5.74) is 5.23. The van der Waals surface area contributed by atoms with Crippen LogP contribution in [0.3, 0.4) is 0 Å². The molecule has 4 aromatic rings. The van der Waals surface area contributed by atoms with Crippen LogP contribution in [-0.2, 0) is 35.8 Å². The SMILES string of the molecule is C/C=C/c1ccc2n(c1=O)C[C@H]1[C@H](CO)[C@@H](C(=O)NCc3ccccc3)N(C)[C@@H]21.C/C=C\c1ccc2n(c1=O)C[C@H]1[C@H](CO)[C@@H](C(=O)NCc3ccccc3)N(C)[C@@H]21. The van der Waals surface area contributed by atoms with Crippen LogP contribution in [0.5, 0.6) is 0 Å². The molecule has 2 aromatic carbocycles. The Balaban J connectivity index is 0.000000177. The summed E-state index contributed by atoms with van der Waals surface area (Å²) in [7, 11) is 3.83. The van der Waals surface area contributed by atoms with Gasteiger partial charge < -0.3 is 30.0 Å². The first-order valence-electron chi connectivity index (χ1n) is 20.1. The Bertz CT molecular complexity index is 2130. The summed E-state index contributed by atoms with van der Waals surface area (Å²) in [6.07, 6.45) is 7.35. The third-order valence-corrected chi connectivity index (χ3v) is 12.6. The number of carbonyl (C=O) groups excluding carboxylic acids is 2. The molecule has 2 aromatic heterocycles. The molecule has 2 fully saturated rings. The number of likely N-dealkylation sites (N-methyl/N-ethyl adjacent to an activating group) is 2. The van der Waals surface area contributed by atoms with Crippen molar-refractivity contribution in [2.75, 3.05) is 27.3 Å². The van der Waals surface area contributed by atoms with Crippen LogP contribution >= 0.6 is 0 Å². The van der Waals surface area contributed by atoms with Gasteiger partial charge in [-0.15, -0.1) is 0 Å². The summed E-state index contributed by atoms with van der Waals surface area (Å²) in [4.78, 5) is 55.7. The highest BCUT2D eigenvalue weighted by molar-refractivity contribution is 5.83. The zero-order valence-corrected chi connectivity index (χ0v) is 33.6. The van der Waals surface area contributed by atoms with E-state index in [0.717, 1.165) is 22.5 Å². The smallest absolute Gasteiger partial charge is 0.258 e. The van der Waals surface area contributed by atoms with E-state index in [-0.39, 0.29) is 71.9 Å². The summed E-state index contributed by atoms with van der Waals surface area (Å²) < 4.78 is 3.61. The van der Waals surface area contributed by atoms with Crippen molar-refractivity contribution in [2.24, 2.45) is 23.7 Å². The van der Waals surface area contributed by atoms with Crippen LogP contribution in [0.4, 0.5) is 0 Å². The molecule has 0 unspecified atom stereocenters. The minimum atomic E-state index is -0.419. The Morgan fingerprint density at radius 2 is 1.00 bits per heavy atom. The number of hydrogen-bond donors (Lipinski definition) is 4. The Kier molecular flexibility index (Phi) is 12.4. The Labute approximate surface area is 339 Å². The summed E-state index contributed by atoms with van der Waals surface area (Å²) in [5.74, 6) is -0.527. The molecular weight excluding hydrogens is 733 g/mol. The second kappa shape index (κ2) is 17.6. The number of rotatable bonds is 10. The Morgan fingerprint density at radius 1 is 0.621 bits per heavy atom. The first-order chi connectivity index (χ1) is 28.1. The first kappa shape index (κ1) is 40.8. The molecule has 0 radical (unpaired) electrons. The molecule has 4 aliphatic heterocycles. The van der Waals surface area contributed by atoms with E-state index in [1.807, 2.05) is 156 Å². The maximum atomic E-state index is 13.0. The number of pyridine rings is 2. The number of hydrogen-bond acceptors (Lipinski definition) is 8. The van der Waals surface area contributed by atoms with Crippen LogP contribution in [0.15, 0.2) is 107 Å². The van der Waals surface area contributed by atoms with Gasteiger partial charge in [0.05, 0.1) is 24.2 Å². The van der Waals surface area contributed by atoms with Crippen LogP contribution in [-0.4, -0.2) is 80.4 Å². The molecule has 58 heavy (non-hydrogen) atoms. The highest BCUT2D eigenvalue weighted by Crippen LogP contribution is 2.49. The van der Waals surface area contributed by atoms with Crippen molar-refractivity contribution in [3.05, 3.63) is 151 Å². The molecule has 0 spiro atoms. The molecule has 4 N–H and O–H groups in total. The van der Waals surface area contributed by atoms with E-state index >= 15 is 0 Å². The molecule has 0 saturated carbocycles. The molecule has 0 bridgehead atoms. The average molecular weight is 787 g/mol. The van der Waals surface area contributed by atoms with Gasteiger partial charge in [0.15, 0.2) is 0 Å². The van der Waals surface area contributed by atoms with Crippen LogP contribution < -0.4 is 21.8 Å². The summed E-state index contributed by atoms with van der Waals surface area (Å²) in [6.45, 7) is 5.59. The lowest BCUT2D eigenvalue weighted by Gasteiger charge is -2.27. The summed E-state index contributed by atoms with van der Waals surface area (Å²) in [5, 5.41) is 26.3. The summed E-state index contributed by atoms with van der Waals surface area (Å²) >= 11 is 0. The van der Waals surface area contributed by atoms with Gasteiger partial charge in [0.1, 0.15) is 0 Å². The van der Waals surface area contributed by atoms with E-state index in [4.69, 9.17) is 0 Å². The van der Waals surface area contributed by atoms with Gasteiger partial charge in [0, 0.05) is 85.6 Å². The van der Waals surface area contributed by atoms with Crippen LogP contribution in [0.1, 0.15) is 59.6 Å². The van der Waals surface area contributed by atoms with Crippen LogP contribution in [0.2, 0.25) is 0 Å².